The minimum absolute atomic E-state index is 0.336. The number of nitrogens with one attached hydrogen (secondary N) is 1. The fourth-order valence-corrected chi connectivity index (χ4v) is 3.82. The van der Waals surface area contributed by atoms with Crippen LogP contribution < -0.4 is 11.1 Å². The number of hydrogen-bond donors (Lipinski definition) is 2. The molecule has 0 aromatic heterocycles. The van der Waals surface area contributed by atoms with Gasteiger partial charge in [0.2, 0.25) is 0 Å². The second-order valence-corrected chi connectivity index (χ2v) is 7.78. The lowest BCUT2D eigenvalue weighted by molar-refractivity contribution is 0.274. The van der Waals surface area contributed by atoms with E-state index in [1.54, 1.807) is 0 Å². The van der Waals surface area contributed by atoms with Gasteiger partial charge >= 0.3 is 0 Å². The van der Waals surface area contributed by atoms with E-state index in [9.17, 15) is 0 Å². The lowest BCUT2D eigenvalue weighted by atomic mass is 9.85. The zero-order valence-corrected chi connectivity index (χ0v) is 12.3. The van der Waals surface area contributed by atoms with Crippen molar-refractivity contribution in [3.63, 3.8) is 0 Å². The molecule has 2 fully saturated rings. The molecule has 0 heterocycles. The predicted octanol–water partition coefficient (Wildman–Crippen LogP) is 2.78. The summed E-state index contributed by atoms with van der Waals surface area (Å²) in [4.78, 5) is 0. The quantitative estimate of drug-likeness (QED) is 0.790. The van der Waals surface area contributed by atoms with Crippen molar-refractivity contribution in [1.29, 1.82) is 0 Å². The lowest BCUT2D eigenvalue weighted by Gasteiger charge is -2.29. The van der Waals surface area contributed by atoms with Gasteiger partial charge in [-0.05, 0) is 41.5 Å². The summed E-state index contributed by atoms with van der Waals surface area (Å²) >= 11 is 0. The summed E-state index contributed by atoms with van der Waals surface area (Å²) in [7, 11) is 0. The monoisotopic (exact) mass is 238 g/mol. The highest BCUT2D eigenvalue weighted by Crippen LogP contribution is 2.67. The van der Waals surface area contributed by atoms with Gasteiger partial charge in [0.25, 0.3) is 0 Å². The van der Waals surface area contributed by atoms with Crippen molar-refractivity contribution in [1.82, 2.24) is 5.32 Å². The average molecular weight is 238 g/mol. The average Bonchev–Trinajstić information content (AvgIpc) is 2.50. The van der Waals surface area contributed by atoms with Crippen LogP contribution in [0.15, 0.2) is 0 Å². The first-order chi connectivity index (χ1) is 7.72. The van der Waals surface area contributed by atoms with Crippen LogP contribution in [0, 0.1) is 22.2 Å². The van der Waals surface area contributed by atoms with Crippen LogP contribution in [0.25, 0.3) is 0 Å². The van der Waals surface area contributed by atoms with Crippen LogP contribution in [0.5, 0.6) is 0 Å². The summed E-state index contributed by atoms with van der Waals surface area (Å²) in [6, 6.07) is 0.398. The van der Waals surface area contributed by atoms with E-state index in [-0.39, 0.29) is 0 Å². The maximum atomic E-state index is 6.21. The fraction of sp³-hybridized carbons (Fsp3) is 1.00. The summed E-state index contributed by atoms with van der Waals surface area (Å²) in [5, 5.41) is 3.69. The molecule has 2 aliphatic rings. The van der Waals surface area contributed by atoms with Gasteiger partial charge in [-0.2, -0.15) is 0 Å². The van der Waals surface area contributed by atoms with E-state index in [2.05, 4.69) is 39.9 Å². The molecule has 2 nitrogen and oxygen atoms in total. The molecule has 2 aliphatic carbocycles. The minimum Gasteiger partial charge on any atom is -0.327 e. The Morgan fingerprint density at radius 2 is 1.71 bits per heavy atom. The van der Waals surface area contributed by atoms with E-state index in [1.165, 1.54) is 19.3 Å². The molecule has 17 heavy (non-hydrogen) atoms. The molecular weight excluding hydrogens is 208 g/mol. The fourth-order valence-electron chi connectivity index (χ4n) is 3.82. The molecule has 2 unspecified atom stereocenters. The summed E-state index contributed by atoms with van der Waals surface area (Å²) in [5.74, 6) is 0.816. The van der Waals surface area contributed by atoms with Crippen molar-refractivity contribution in [3.05, 3.63) is 0 Å². The van der Waals surface area contributed by atoms with E-state index in [1.807, 2.05) is 0 Å². The Bertz CT molecular complexity index is 281. The van der Waals surface area contributed by atoms with Gasteiger partial charge < -0.3 is 11.1 Å². The SMILES string of the molecule is CC1(CNCC2C(C)(C)C2(C)C)CCCC1N. The van der Waals surface area contributed by atoms with Crippen molar-refractivity contribution < 1.29 is 0 Å². The highest BCUT2D eigenvalue weighted by Gasteiger charge is 2.63. The van der Waals surface area contributed by atoms with E-state index in [0.29, 0.717) is 22.3 Å². The Kier molecular flexibility index (Phi) is 3.11. The topological polar surface area (TPSA) is 38.0 Å². The largest absolute Gasteiger partial charge is 0.327 e. The summed E-state index contributed by atoms with van der Waals surface area (Å²) in [6.07, 6.45) is 3.80. The van der Waals surface area contributed by atoms with Gasteiger partial charge in [-0.25, -0.2) is 0 Å². The van der Waals surface area contributed by atoms with Gasteiger partial charge in [-0.1, -0.05) is 41.0 Å². The highest BCUT2D eigenvalue weighted by atomic mass is 14.9. The molecule has 0 saturated heterocycles. The minimum atomic E-state index is 0.336. The Morgan fingerprint density at radius 1 is 1.12 bits per heavy atom. The van der Waals surface area contributed by atoms with Crippen LogP contribution in [0.2, 0.25) is 0 Å². The van der Waals surface area contributed by atoms with Gasteiger partial charge in [-0.3, -0.25) is 0 Å². The normalized spacial score (nSPS) is 39.5. The smallest absolute Gasteiger partial charge is 0.0105 e. The molecule has 2 atom stereocenters. The Labute approximate surface area is 107 Å². The van der Waals surface area contributed by atoms with Gasteiger partial charge in [0.05, 0.1) is 0 Å². The maximum Gasteiger partial charge on any atom is 0.0105 e. The predicted molar refractivity (Wildman–Crippen MR) is 73.9 cm³/mol. The van der Waals surface area contributed by atoms with E-state index in [0.717, 1.165) is 19.0 Å². The zero-order valence-electron chi connectivity index (χ0n) is 12.3. The molecule has 0 aromatic carbocycles. The molecule has 2 rings (SSSR count). The Balaban J connectivity index is 1.78. The molecule has 3 N–H and O–H groups in total. The van der Waals surface area contributed by atoms with Crippen molar-refractivity contribution in [2.24, 2.45) is 27.9 Å². The first-order valence-corrected chi connectivity index (χ1v) is 7.18. The molecule has 2 heteroatoms. The summed E-state index contributed by atoms with van der Waals surface area (Å²) in [5.41, 5.74) is 7.55. The third-order valence-corrected chi connectivity index (χ3v) is 6.36. The van der Waals surface area contributed by atoms with Crippen molar-refractivity contribution >= 4 is 0 Å². The standard InChI is InChI=1S/C15H30N2/c1-13(2)11(14(13,3)4)9-17-10-15(5)8-6-7-12(15)16/h11-12,17H,6-10,16H2,1-5H3. The molecule has 2 saturated carbocycles. The Morgan fingerprint density at radius 3 is 2.12 bits per heavy atom. The van der Waals surface area contributed by atoms with Crippen molar-refractivity contribution in [2.75, 3.05) is 13.1 Å². The number of nitrogens with two attached hydrogens (primary N) is 1. The van der Waals surface area contributed by atoms with Crippen LogP contribution in [0.1, 0.15) is 53.9 Å². The number of rotatable bonds is 4. The molecule has 0 bridgehead atoms. The van der Waals surface area contributed by atoms with Gasteiger partial charge in [0, 0.05) is 12.6 Å². The first kappa shape index (κ1) is 13.4. The molecule has 0 spiro atoms. The van der Waals surface area contributed by atoms with Gasteiger partial charge in [0.1, 0.15) is 0 Å². The second kappa shape index (κ2) is 3.96. The third-order valence-electron chi connectivity index (χ3n) is 6.36. The molecule has 0 radical (unpaired) electrons. The number of hydrogen-bond acceptors (Lipinski definition) is 2. The first-order valence-electron chi connectivity index (χ1n) is 7.18. The van der Waals surface area contributed by atoms with Crippen LogP contribution in [-0.2, 0) is 0 Å². The van der Waals surface area contributed by atoms with Crippen molar-refractivity contribution in [3.8, 4) is 0 Å². The zero-order chi connectivity index (χ0) is 12.9. The van der Waals surface area contributed by atoms with E-state index in [4.69, 9.17) is 5.73 Å². The van der Waals surface area contributed by atoms with Gasteiger partial charge in [-0.15, -0.1) is 0 Å². The van der Waals surface area contributed by atoms with Crippen LogP contribution in [0.3, 0.4) is 0 Å². The summed E-state index contributed by atoms with van der Waals surface area (Å²) in [6.45, 7) is 14.2. The van der Waals surface area contributed by atoms with Crippen molar-refractivity contribution in [2.45, 2.75) is 59.9 Å². The van der Waals surface area contributed by atoms with E-state index >= 15 is 0 Å². The third kappa shape index (κ3) is 2.04. The highest BCUT2D eigenvalue weighted by molar-refractivity contribution is 5.13. The van der Waals surface area contributed by atoms with Crippen LogP contribution in [-0.4, -0.2) is 19.1 Å². The van der Waals surface area contributed by atoms with Crippen LogP contribution in [0.4, 0.5) is 0 Å². The second-order valence-electron chi connectivity index (χ2n) is 7.78. The molecular formula is C15H30N2. The van der Waals surface area contributed by atoms with Crippen LogP contribution >= 0.6 is 0 Å². The molecule has 0 amide bonds. The van der Waals surface area contributed by atoms with E-state index < -0.39 is 0 Å². The van der Waals surface area contributed by atoms with Gasteiger partial charge in [0.15, 0.2) is 0 Å². The maximum absolute atomic E-state index is 6.21. The summed E-state index contributed by atoms with van der Waals surface area (Å²) < 4.78 is 0. The Hall–Kier alpha value is -0.0800. The molecule has 0 aliphatic heterocycles. The molecule has 0 aromatic rings. The molecule has 100 valence electrons. The lowest BCUT2D eigenvalue weighted by Crippen LogP contribution is -2.43.